The molecule has 5 nitrogen and oxygen atoms in total. The molecule has 1 aromatic carbocycles. The SMILES string of the molecule is CC(=O)c1cccc(NC(=O)CC(=N)N)c1. The van der Waals surface area contributed by atoms with Gasteiger partial charge in [0.2, 0.25) is 5.91 Å². The van der Waals surface area contributed by atoms with Crippen LogP contribution in [-0.2, 0) is 4.79 Å². The zero-order valence-corrected chi connectivity index (χ0v) is 8.91. The van der Waals surface area contributed by atoms with Crippen molar-refractivity contribution < 1.29 is 9.59 Å². The molecule has 16 heavy (non-hydrogen) atoms. The molecule has 0 unspecified atom stereocenters. The molecule has 0 fully saturated rings. The monoisotopic (exact) mass is 219 g/mol. The van der Waals surface area contributed by atoms with E-state index in [0.29, 0.717) is 11.3 Å². The molecule has 0 saturated carbocycles. The van der Waals surface area contributed by atoms with Crippen LogP contribution >= 0.6 is 0 Å². The van der Waals surface area contributed by atoms with E-state index < -0.39 is 0 Å². The molecule has 0 bridgehead atoms. The first-order valence-corrected chi connectivity index (χ1v) is 4.73. The first-order chi connectivity index (χ1) is 7.49. The van der Waals surface area contributed by atoms with Crippen molar-refractivity contribution in [1.82, 2.24) is 0 Å². The minimum Gasteiger partial charge on any atom is -0.387 e. The highest BCUT2D eigenvalue weighted by molar-refractivity contribution is 6.04. The summed E-state index contributed by atoms with van der Waals surface area (Å²) in [6.45, 7) is 1.45. The number of carbonyl (C=O) groups is 2. The molecule has 0 atom stereocenters. The number of carbonyl (C=O) groups excluding carboxylic acids is 2. The number of ketones is 1. The maximum absolute atomic E-state index is 11.3. The van der Waals surface area contributed by atoms with E-state index in [9.17, 15) is 9.59 Å². The number of amidine groups is 1. The number of hydrogen-bond donors (Lipinski definition) is 3. The number of benzene rings is 1. The summed E-state index contributed by atoms with van der Waals surface area (Å²) in [5.41, 5.74) is 6.15. The van der Waals surface area contributed by atoms with Gasteiger partial charge in [0.25, 0.3) is 0 Å². The molecule has 1 aromatic rings. The predicted molar refractivity (Wildman–Crippen MR) is 61.6 cm³/mol. The summed E-state index contributed by atoms with van der Waals surface area (Å²) in [6, 6.07) is 6.61. The zero-order chi connectivity index (χ0) is 12.1. The molecule has 0 aromatic heterocycles. The second-order valence-corrected chi connectivity index (χ2v) is 3.39. The summed E-state index contributed by atoms with van der Waals surface area (Å²) in [6.07, 6.45) is -0.149. The van der Waals surface area contributed by atoms with Gasteiger partial charge in [0.05, 0.1) is 6.42 Å². The van der Waals surface area contributed by atoms with Gasteiger partial charge in [-0.1, -0.05) is 12.1 Å². The topological polar surface area (TPSA) is 96.0 Å². The Labute approximate surface area is 93.2 Å². The highest BCUT2D eigenvalue weighted by Crippen LogP contribution is 2.11. The van der Waals surface area contributed by atoms with E-state index in [4.69, 9.17) is 11.1 Å². The summed E-state index contributed by atoms with van der Waals surface area (Å²) >= 11 is 0. The largest absolute Gasteiger partial charge is 0.387 e. The van der Waals surface area contributed by atoms with Gasteiger partial charge in [0.1, 0.15) is 5.84 Å². The molecule has 0 saturated heterocycles. The molecule has 84 valence electrons. The minimum atomic E-state index is -0.367. The number of amides is 1. The molecule has 0 radical (unpaired) electrons. The second kappa shape index (κ2) is 5.06. The fourth-order valence-electron chi connectivity index (χ4n) is 1.19. The van der Waals surface area contributed by atoms with Crippen LogP contribution < -0.4 is 11.1 Å². The lowest BCUT2D eigenvalue weighted by Gasteiger charge is -2.05. The Morgan fingerprint density at radius 1 is 1.44 bits per heavy atom. The minimum absolute atomic E-state index is 0.0670. The smallest absolute Gasteiger partial charge is 0.231 e. The summed E-state index contributed by atoms with van der Waals surface area (Å²) in [5.74, 6) is -0.629. The average molecular weight is 219 g/mol. The van der Waals surface area contributed by atoms with Gasteiger partial charge in [-0.2, -0.15) is 0 Å². The van der Waals surface area contributed by atoms with Gasteiger partial charge in [0.15, 0.2) is 5.78 Å². The predicted octanol–water partition coefficient (Wildman–Crippen LogP) is 1.15. The highest BCUT2D eigenvalue weighted by Gasteiger charge is 2.05. The second-order valence-electron chi connectivity index (χ2n) is 3.39. The molecular weight excluding hydrogens is 206 g/mol. The van der Waals surface area contributed by atoms with Crippen molar-refractivity contribution in [2.24, 2.45) is 5.73 Å². The average Bonchev–Trinajstić information content (AvgIpc) is 2.16. The number of nitrogens with two attached hydrogens (primary N) is 1. The molecular formula is C11H13N3O2. The van der Waals surface area contributed by atoms with Crippen LogP contribution in [0.2, 0.25) is 0 Å². The standard InChI is InChI=1S/C11H13N3O2/c1-7(15)8-3-2-4-9(5-8)14-11(16)6-10(12)13/h2-5H,6H2,1H3,(H3,12,13)(H,14,16). The van der Waals surface area contributed by atoms with E-state index >= 15 is 0 Å². The van der Waals surface area contributed by atoms with Gasteiger partial charge in [-0.25, -0.2) is 0 Å². The van der Waals surface area contributed by atoms with E-state index in [1.807, 2.05) is 0 Å². The molecule has 1 amide bonds. The maximum atomic E-state index is 11.3. The Morgan fingerprint density at radius 2 is 2.12 bits per heavy atom. The lowest BCUT2D eigenvalue weighted by atomic mass is 10.1. The lowest BCUT2D eigenvalue weighted by molar-refractivity contribution is -0.115. The van der Waals surface area contributed by atoms with Gasteiger partial charge in [-0.05, 0) is 19.1 Å². The van der Waals surface area contributed by atoms with E-state index in [-0.39, 0.29) is 23.9 Å². The Hall–Kier alpha value is -2.17. The van der Waals surface area contributed by atoms with Gasteiger partial charge in [-0.15, -0.1) is 0 Å². The third kappa shape index (κ3) is 3.53. The number of hydrogen-bond acceptors (Lipinski definition) is 3. The molecule has 0 spiro atoms. The molecule has 0 aliphatic carbocycles. The van der Waals surface area contributed by atoms with Crippen molar-refractivity contribution in [3.05, 3.63) is 29.8 Å². The van der Waals surface area contributed by atoms with Crippen LogP contribution in [0.4, 0.5) is 5.69 Å². The Morgan fingerprint density at radius 3 is 2.69 bits per heavy atom. The van der Waals surface area contributed by atoms with Gasteiger partial charge < -0.3 is 11.1 Å². The molecule has 5 heteroatoms. The van der Waals surface area contributed by atoms with Crippen molar-refractivity contribution in [2.75, 3.05) is 5.32 Å². The third-order valence-corrected chi connectivity index (χ3v) is 1.90. The van der Waals surface area contributed by atoms with Crippen molar-refractivity contribution >= 4 is 23.2 Å². The zero-order valence-electron chi connectivity index (χ0n) is 8.91. The maximum Gasteiger partial charge on any atom is 0.231 e. The van der Waals surface area contributed by atoms with Gasteiger partial charge in [0, 0.05) is 11.3 Å². The summed E-state index contributed by atoms with van der Waals surface area (Å²) in [5, 5.41) is 9.52. The van der Waals surface area contributed by atoms with Crippen LogP contribution in [0.5, 0.6) is 0 Å². The van der Waals surface area contributed by atoms with Crippen molar-refractivity contribution in [1.29, 1.82) is 5.41 Å². The van der Waals surface area contributed by atoms with Gasteiger partial charge >= 0.3 is 0 Å². The Balaban J connectivity index is 2.74. The van der Waals surface area contributed by atoms with E-state index in [2.05, 4.69) is 5.32 Å². The normalized spacial score (nSPS) is 9.56. The summed E-state index contributed by atoms with van der Waals surface area (Å²) in [4.78, 5) is 22.4. The number of rotatable bonds is 4. The van der Waals surface area contributed by atoms with Crippen molar-refractivity contribution in [3.63, 3.8) is 0 Å². The number of nitrogens with one attached hydrogen (secondary N) is 2. The van der Waals surface area contributed by atoms with Crippen LogP contribution in [0.15, 0.2) is 24.3 Å². The van der Waals surface area contributed by atoms with Crippen LogP contribution in [-0.4, -0.2) is 17.5 Å². The van der Waals surface area contributed by atoms with Gasteiger partial charge in [-0.3, -0.25) is 15.0 Å². The number of anilines is 1. The highest BCUT2D eigenvalue weighted by atomic mass is 16.1. The lowest BCUT2D eigenvalue weighted by Crippen LogP contribution is -2.21. The van der Waals surface area contributed by atoms with Crippen molar-refractivity contribution in [3.8, 4) is 0 Å². The van der Waals surface area contributed by atoms with Crippen LogP contribution in [0.25, 0.3) is 0 Å². The van der Waals surface area contributed by atoms with E-state index in [0.717, 1.165) is 0 Å². The van der Waals surface area contributed by atoms with Crippen LogP contribution in [0.3, 0.4) is 0 Å². The Kier molecular flexibility index (Phi) is 3.77. The van der Waals surface area contributed by atoms with Crippen LogP contribution in [0, 0.1) is 5.41 Å². The number of Topliss-reactive ketones (excluding diaryl/α,β-unsaturated/α-hetero) is 1. The summed E-state index contributed by atoms with van der Waals surface area (Å²) in [7, 11) is 0. The Bertz CT molecular complexity index is 441. The molecule has 0 aliphatic heterocycles. The molecule has 0 heterocycles. The van der Waals surface area contributed by atoms with Crippen molar-refractivity contribution in [2.45, 2.75) is 13.3 Å². The van der Waals surface area contributed by atoms with Crippen LogP contribution in [0.1, 0.15) is 23.7 Å². The molecule has 4 N–H and O–H groups in total. The first kappa shape index (κ1) is 11.9. The summed E-state index contributed by atoms with van der Waals surface area (Å²) < 4.78 is 0. The molecule has 0 aliphatic rings. The van der Waals surface area contributed by atoms with E-state index in [1.165, 1.54) is 6.92 Å². The molecule has 1 rings (SSSR count). The van der Waals surface area contributed by atoms with E-state index in [1.54, 1.807) is 24.3 Å². The quantitative estimate of drug-likeness (QED) is 0.402. The third-order valence-electron chi connectivity index (χ3n) is 1.90. The fraction of sp³-hybridized carbons (Fsp3) is 0.182. The first-order valence-electron chi connectivity index (χ1n) is 4.73. The fourth-order valence-corrected chi connectivity index (χ4v) is 1.19.